The zero-order valence-corrected chi connectivity index (χ0v) is 9.63. The first kappa shape index (κ1) is 13.1. The van der Waals surface area contributed by atoms with Crippen LogP contribution in [0.15, 0.2) is 0 Å². The van der Waals surface area contributed by atoms with Crippen LogP contribution in [0.5, 0.6) is 0 Å². The van der Waals surface area contributed by atoms with Gasteiger partial charge in [-0.2, -0.15) is 0 Å². The van der Waals surface area contributed by atoms with Gasteiger partial charge in [0, 0.05) is 0 Å². The average molecular weight is 210 g/mol. The van der Waals surface area contributed by atoms with Crippen molar-refractivity contribution in [1.29, 1.82) is 0 Å². The van der Waals surface area contributed by atoms with Gasteiger partial charge in [-0.25, -0.2) is 4.57 Å². The second-order valence-electron chi connectivity index (χ2n) is 3.86. The summed E-state index contributed by atoms with van der Waals surface area (Å²) < 4.78 is 20.8. The Hall–Kier alpha value is 0.110. The van der Waals surface area contributed by atoms with E-state index >= 15 is 0 Å². The highest BCUT2D eigenvalue weighted by atomic mass is 31.2. The van der Waals surface area contributed by atoms with E-state index < -0.39 is 13.4 Å². The Morgan fingerprint density at radius 1 is 1.38 bits per heavy atom. The lowest BCUT2D eigenvalue weighted by molar-refractivity contribution is 0.0613. The fourth-order valence-corrected chi connectivity index (χ4v) is 1.80. The van der Waals surface area contributed by atoms with E-state index in [1.165, 1.54) is 0 Å². The topological polar surface area (TPSA) is 55.8 Å². The summed E-state index contributed by atoms with van der Waals surface area (Å²) in [4.78, 5) is 9.19. The highest BCUT2D eigenvalue weighted by Gasteiger charge is 2.28. The standard InChI is InChI=1S/C8H19O4P/c1-5-6-7-11-13(9,10)12-8(2,3)4/h5-7H2,1-4H3,(H,9,10). The van der Waals surface area contributed by atoms with Crippen LogP contribution in [0, 0.1) is 0 Å². The van der Waals surface area contributed by atoms with Gasteiger partial charge < -0.3 is 4.89 Å². The van der Waals surface area contributed by atoms with Crippen LogP contribution in [0.3, 0.4) is 0 Å². The fourth-order valence-electron chi connectivity index (χ4n) is 0.697. The summed E-state index contributed by atoms with van der Waals surface area (Å²) in [6.45, 7) is 7.37. The van der Waals surface area contributed by atoms with E-state index in [4.69, 9.17) is 9.05 Å². The minimum atomic E-state index is -3.84. The third kappa shape index (κ3) is 8.44. The summed E-state index contributed by atoms with van der Waals surface area (Å²) in [5.74, 6) is 0. The lowest BCUT2D eigenvalue weighted by atomic mass is 10.2. The van der Waals surface area contributed by atoms with Crippen LogP contribution in [0.1, 0.15) is 40.5 Å². The summed E-state index contributed by atoms with van der Waals surface area (Å²) >= 11 is 0. The molecule has 0 saturated carbocycles. The molecule has 0 aliphatic rings. The Kier molecular flexibility index (Phi) is 5.15. The third-order valence-corrected chi connectivity index (χ3v) is 2.43. The van der Waals surface area contributed by atoms with Gasteiger partial charge in [0.15, 0.2) is 0 Å². The van der Waals surface area contributed by atoms with E-state index in [0.717, 1.165) is 12.8 Å². The first-order valence-corrected chi connectivity index (χ1v) is 5.94. The second-order valence-corrected chi connectivity index (χ2v) is 5.24. The Balaban J connectivity index is 3.88. The van der Waals surface area contributed by atoms with Gasteiger partial charge in [-0.1, -0.05) is 13.3 Å². The van der Waals surface area contributed by atoms with Gasteiger partial charge in [0.05, 0.1) is 12.2 Å². The number of unbranched alkanes of at least 4 members (excludes halogenated alkanes) is 1. The van der Waals surface area contributed by atoms with Gasteiger partial charge in [-0.3, -0.25) is 9.05 Å². The number of hydrogen-bond acceptors (Lipinski definition) is 3. The molecule has 0 aliphatic carbocycles. The molecule has 1 N–H and O–H groups in total. The van der Waals surface area contributed by atoms with Gasteiger partial charge >= 0.3 is 7.82 Å². The molecule has 0 fully saturated rings. The zero-order valence-electron chi connectivity index (χ0n) is 8.74. The molecule has 0 heterocycles. The van der Waals surface area contributed by atoms with Gasteiger partial charge in [0.2, 0.25) is 0 Å². The molecule has 0 bridgehead atoms. The van der Waals surface area contributed by atoms with Crippen molar-refractivity contribution < 1.29 is 18.5 Å². The second kappa shape index (κ2) is 5.11. The van der Waals surface area contributed by atoms with E-state index in [1.807, 2.05) is 6.92 Å². The van der Waals surface area contributed by atoms with E-state index in [9.17, 15) is 9.46 Å². The molecule has 4 nitrogen and oxygen atoms in total. The van der Waals surface area contributed by atoms with Crippen molar-refractivity contribution in [2.45, 2.75) is 46.1 Å². The normalized spacial score (nSPS) is 17.0. The molecule has 1 atom stereocenters. The molecule has 0 aromatic rings. The molecule has 0 radical (unpaired) electrons. The lowest BCUT2D eigenvalue weighted by Crippen LogP contribution is -2.18. The molecule has 0 aromatic carbocycles. The van der Waals surface area contributed by atoms with Crippen LogP contribution in [0.2, 0.25) is 0 Å². The summed E-state index contributed by atoms with van der Waals surface area (Å²) in [5.41, 5.74) is -0.656. The summed E-state index contributed by atoms with van der Waals surface area (Å²) in [6, 6.07) is 0. The summed E-state index contributed by atoms with van der Waals surface area (Å²) in [6.07, 6.45) is 1.69. The van der Waals surface area contributed by atoms with Crippen molar-refractivity contribution in [3.63, 3.8) is 0 Å². The highest BCUT2D eigenvalue weighted by molar-refractivity contribution is 7.47. The van der Waals surface area contributed by atoms with Crippen LogP contribution in [-0.4, -0.2) is 17.1 Å². The van der Waals surface area contributed by atoms with Crippen LogP contribution in [0.25, 0.3) is 0 Å². The van der Waals surface area contributed by atoms with Crippen LogP contribution < -0.4 is 0 Å². The third-order valence-electron chi connectivity index (χ3n) is 1.14. The minimum Gasteiger partial charge on any atom is -0.302 e. The van der Waals surface area contributed by atoms with Gasteiger partial charge in [0.1, 0.15) is 0 Å². The van der Waals surface area contributed by atoms with E-state index in [1.54, 1.807) is 20.8 Å². The Bertz CT molecular complexity index is 185. The maximum absolute atomic E-state index is 11.2. The highest BCUT2D eigenvalue weighted by Crippen LogP contribution is 2.47. The molecular weight excluding hydrogens is 191 g/mol. The zero-order chi connectivity index (χ0) is 10.5. The SMILES string of the molecule is CCCCOP(=O)(O)OC(C)(C)C. The maximum atomic E-state index is 11.2. The average Bonchev–Trinajstić information content (AvgIpc) is 1.81. The van der Waals surface area contributed by atoms with Crippen molar-refractivity contribution in [1.82, 2.24) is 0 Å². The molecule has 1 unspecified atom stereocenters. The molecular formula is C8H19O4P. The predicted octanol–water partition coefficient (Wildman–Crippen LogP) is 2.72. The lowest BCUT2D eigenvalue weighted by Gasteiger charge is -2.22. The van der Waals surface area contributed by atoms with Crippen molar-refractivity contribution in [2.75, 3.05) is 6.61 Å². The van der Waals surface area contributed by atoms with E-state index in [0.29, 0.717) is 0 Å². The molecule has 0 saturated heterocycles. The molecule has 13 heavy (non-hydrogen) atoms. The van der Waals surface area contributed by atoms with Crippen molar-refractivity contribution in [3.8, 4) is 0 Å². The Labute approximate surface area is 79.9 Å². The number of phosphoric acid groups is 1. The van der Waals surface area contributed by atoms with Crippen LogP contribution in [-0.2, 0) is 13.6 Å². The summed E-state index contributed by atoms with van der Waals surface area (Å²) in [7, 11) is -3.84. The van der Waals surface area contributed by atoms with Crippen molar-refractivity contribution in [3.05, 3.63) is 0 Å². The van der Waals surface area contributed by atoms with Crippen molar-refractivity contribution in [2.24, 2.45) is 0 Å². The van der Waals surface area contributed by atoms with E-state index in [-0.39, 0.29) is 6.61 Å². The Morgan fingerprint density at radius 3 is 2.31 bits per heavy atom. The maximum Gasteiger partial charge on any atom is 0.472 e. The molecule has 5 heteroatoms. The molecule has 0 aromatic heterocycles. The van der Waals surface area contributed by atoms with Crippen LogP contribution in [0.4, 0.5) is 0 Å². The number of phosphoric ester groups is 1. The first-order chi connectivity index (χ1) is 5.77. The minimum absolute atomic E-state index is 0.264. The van der Waals surface area contributed by atoms with Crippen LogP contribution >= 0.6 is 7.82 Å². The molecule has 0 aliphatic heterocycles. The van der Waals surface area contributed by atoms with Gasteiger partial charge in [0.25, 0.3) is 0 Å². The number of rotatable bonds is 5. The molecule has 80 valence electrons. The fraction of sp³-hybridized carbons (Fsp3) is 1.00. The van der Waals surface area contributed by atoms with E-state index in [2.05, 4.69) is 0 Å². The van der Waals surface area contributed by atoms with Gasteiger partial charge in [-0.05, 0) is 27.2 Å². The number of hydrogen-bond donors (Lipinski definition) is 1. The quantitative estimate of drug-likeness (QED) is 0.560. The molecule has 0 amide bonds. The molecule has 0 spiro atoms. The van der Waals surface area contributed by atoms with Gasteiger partial charge in [-0.15, -0.1) is 0 Å². The Morgan fingerprint density at radius 2 is 1.92 bits per heavy atom. The first-order valence-electron chi connectivity index (χ1n) is 4.45. The smallest absolute Gasteiger partial charge is 0.302 e. The predicted molar refractivity (Wildman–Crippen MR) is 51.5 cm³/mol. The monoisotopic (exact) mass is 210 g/mol. The van der Waals surface area contributed by atoms with Crippen molar-refractivity contribution >= 4 is 7.82 Å². The summed E-state index contributed by atoms with van der Waals surface area (Å²) in [5, 5.41) is 0. The largest absolute Gasteiger partial charge is 0.472 e. The molecule has 0 rings (SSSR count).